The zero-order valence-electron chi connectivity index (χ0n) is 6.67. The molecule has 1 aromatic rings. The summed E-state index contributed by atoms with van der Waals surface area (Å²) < 4.78 is 0. The van der Waals surface area contributed by atoms with Crippen molar-refractivity contribution in [1.29, 1.82) is 0 Å². The number of aromatic nitrogens is 1. The van der Waals surface area contributed by atoms with Crippen LogP contribution in [0.4, 0.5) is 0 Å². The SMILES string of the molecule is CN(CNN)Cc1ccc[nH]1. The number of H-pyrrole nitrogens is 1. The minimum absolute atomic E-state index is 0.693. The van der Waals surface area contributed by atoms with Gasteiger partial charge in [-0.3, -0.25) is 10.7 Å². The van der Waals surface area contributed by atoms with E-state index >= 15 is 0 Å². The molecule has 0 atom stereocenters. The fourth-order valence-electron chi connectivity index (χ4n) is 0.968. The Balaban J connectivity index is 2.31. The number of hydrogen-bond acceptors (Lipinski definition) is 3. The van der Waals surface area contributed by atoms with Crippen molar-refractivity contribution in [1.82, 2.24) is 15.3 Å². The Kier molecular flexibility index (Phi) is 3.10. The molecular weight excluding hydrogens is 140 g/mol. The molecule has 1 aromatic heterocycles. The zero-order valence-corrected chi connectivity index (χ0v) is 6.67. The van der Waals surface area contributed by atoms with E-state index in [1.165, 1.54) is 5.69 Å². The molecule has 4 heteroatoms. The second kappa shape index (κ2) is 4.12. The highest BCUT2D eigenvalue weighted by Crippen LogP contribution is 1.97. The van der Waals surface area contributed by atoms with Gasteiger partial charge in [-0.15, -0.1) is 0 Å². The molecule has 0 aliphatic heterocycles. The summed E-state index contributed by atoms with van der Waals surface area (Å²) in [6, 6.07) is 4.03. The van der Waals surface area contributed by atoms with E-state index < -0.39 is 0 Å². The fraction of sp³-hybridized carbons (Fsp3) is 0.429. The Morgan fingerprint density at radius 3 is 3.09 bits per heavy atom. The molecule has 0 fully saturated rings. The van der Waals surface area contributed by atoms with Gasteiger partial charge in [-0.2, -0.15) is 0 Å². The maximum atomic E-state index is 5.16. The van der Waals surface area contributed by atoms with Gasteiger partial charge in [0.2, 0.25) is 0 Å². The second-order valence-corrected chi connectivity index (χ2v) is 2.57. The highest BCUT2D eigenvalue weighted by atomic mass is 15.3. The summed E-state index contributed by atoms with van der Waals surface area (Å²) >= 11 is 0. The molecule has 0 amide bonds. The quantitative estimate of drug-likeness (QED) is 0.321. The lowest BCUT2D eigenvalue weighted by atomic mass is 10.4. The lowest BCUT2D eigenvalue weighted by Crippen LogP contribution is -2.35. The fourth-order valence-corrected chi connectivity index (χ4v) is 0.968. The molecule has 11 heavy (non-hydrogen) atoms. The molecule has 0 aromatic carbocycles. The molecule has 0 spiro atoms. The predicted octanol–water partition coefficient (Wildman–Crippen LogP) is -0.133. The van der Waals surface area contributed by atoms with Crippen molar-refractivity contribution in [2.75, 3.05) is 13.7 Å². The summed E-state index contributed by atoms with van der Waals surface area (Å²) in [5.41, 5.74) is 3.79. The van der Waals surface area contributed by atoms with Crippen molar-refractivity contribution >= 4 is 0 Å². The first-order chi connectivity index (χ1) is 5.33. The summed E-state index contributed by atoms with van der Waals surface area (Å²) in [7, 11) is 2.00. The van der Waals surface area contributed by atoms with E-state index in [4.69, 9.17) is 5.84 Å². The van der Waals surface area contributed by atoms with E-state index in [1.807, 2.05) is 25.4 Å². The van der Waals surface area contributed by atoms with Crippen LogP contribution in [0.2, 0.25) is 0 Å². The Morgan fingerprint density at radius 2 is 2.55 bits per heavy atom. The highest BCUT2D eigenvalue weighted by Gasteiger charge is 1.97. The third kappa shape index (κ3) is 2.71. The number of nitrogens with two attached hydrogens (primary N) is 1. The van der Waals surface area contributed by atoms with E-state index in [1.54, 1.807) is 0 Å². The van der Waals surface area contributed by atoms with Crippen molar-refractivity contribution in [3.05, 3.63) is 24.0 Å². The van der Waals surface area contributed by atoms with Gasteiger partial charge in [0.05, 0.1) is 6.67 Å². The molecule has 0 saturated heterocycles. The lowest BCUT2D eigenvalue weighted by molar-refractivity contribution is 0.298. The molecule has 0 saturated carbocycles. The highest BCUT2D eigenvalue weighted by molar-refractivity contribution is 5.02. The number of nitrogens with zero attached hydrogens (tertiary/aromatic N) is 1. The van der Waals surface area contributed by atoms with Crippen molar-refractivity contribution in [3.8, 4) is 0 Å². The molecule has 0 radical (unpaired) electrons. The molecule has 0 unspecified atom stereocenters. The molecule has 1 heterocycles. The van der Waals surface area contributed by atoms with Crippen LogP contribution in [-0.4, -0.2) is 23.6 Å². The Morgan fingerprint density at radius 1 is 1.73 bits per heavy atom. The van der Waals surface area contributed by atoms with Crippen molar-refractivity contribution in [3.63, 3.8) is 0 Å². The van der Waals surface area contributed by atoms with E-state index in [9.17, 15) is 0 Å². The average molecular weight is 154 g/mol. The standard InChI is InChI=1S/C7H14N4/c1-11(6-10-8)5-7-3-2-4-9-7/h2-4,9-10H,5-6,8H2,1H3. The van der Waals surface area contributed by atoms with Gasteiger partial charge in [-0.25, -0.2) is 5.43 Å². The maximum Gasteiger partial charge on any atom is 0.0613 e. The summed E-state index contributed by atoms with van der Waals surface area (Å²) in [5.74, 6) is 5.16. The first-order valence-corrected chi connectivity index (χ1v) is 3.57. The molecule has 0 bridgehead atoms. The zero-order chi connectivity index (χ0) is 8.10. The van der Waals surface area contributed by atoms with Crippen molar-refractivity contribution < 1.29 is 0 Å². The van der Waals surface area contributed by atoms with E-state index in [0.717, 1.165) is 6.54 Å². The summed E-state index contributed by atoms with van der Waals surface area (Å²) in [6.45, 7) is 1.58. The van der Waals surface area contributed by atoms with Crippen molar-refractivity contribution in [2.45, 2.75) is 6.54 Å². The minimum atomic E-state index is 0.693. The molecule has 4 N–H and O–H groups in total. The van der Waals surface area contributed by atoms with E-state index in [-0.39, 0.29) is 0 Å². The third-order valence-electron chi connectivity index (χ3n) is 1.46. The number of hydrogen-bond donors (Lipinski definition) is 3. The maximum absolute atomic E-state index is 5.16. The third-order valence-corrected chi connectivity index (χ3v) is 1.46. The van der Waals surface area contributed by atoms with Gasteiger partial charge >= 0.3 is 0 Å². The van der Waals surface area contributed by atoms with Gasteiger partial charge in [0, 0.05) is 18.4 Å². The Hall–Kier alpha value is -0.840. The van der Waals surface area contributed by atoms with Gasteiger partial charge in [0.15, 0.2) is 0 Å². The predicted molar refractivity (Wildman–Crippen MR) is 44.4 cm³/mol. The topological polar surface area (TPSA) is 57.1 Å². The largest absolute Gasteiger partial charge is 0.364 e. The molecule has 4 nitrogen and oxygen atoms in total. The van der Waals surface area contributed by atoms with Crippen LogP contribution < -0.4 is 11.3 Å². The van der Waals surface area contributed by atoms with Gasteiger partial charge in [0.25, 0.3) is 0 Å². The van der Waals surface area contributed by atoms with Crippen LogP contribution in [0.15, 0.2) is 18.3 Å². The number of hydrazine groups is 1. The first-order valence-electron chi connectivity index (χ1n) is 3.57. The van der Waals surface area contributed by atoms with E-state index in [2.05, 4.69) is 15.3 Å². The Bertz CT molecular complexity index is 182. The summed E-state index contributed by atoms with van der Waals surface area (Å²) in [5, 5.41) is 0. The Labute approximate surface area is 66.4 Å². The molecule has 1 rings (SSSR count). The van der Waals surface area contributed by atoms with Crippen LogP contribution in [0.25, 0.3) is 0 Å². The van der Waals surface area contributed by atoms with Gasteiger partial charge in [-0.1, -0.05) is 0 Å². The monoisotopic (exact) mass is 154 g/mol. The van der Waals surface area contributed by atoms with Crippen molar-refractivity contribution in [2.24, 2.45) is 5.84 Å². The molecule has 62 valence electrons. The van der Waals surface area contributed by atoms with Gasteiger partial charge < -0.3 is 4.98 Å². The summed E-state index contributed by atoms with van der Waals surface area (Å²) in [6.07, 6.45) is 1.92. The lowest BCUT2D eigenvalue weighted by Gasteiger charge is -2.13. The van der Waals surface area contributed by atoms with Gasteiger partial charge in [-0.05, 0) is 19.2 Å². The molecular formula is C7H14N4. The van der Waals surface area contributed by atoms with Crippen LogP contribution in [-0.2, 0) is 6.54 Å². The van der Waals surface area contributed by atoms with Crippen LogP contribution >= 0.6 is 0 Å². The van der Waals surface area contributed by atoms with Crippen LogP contribution in [0.5, 0.6) is 0 Å². The number of aromatic amines is 1. The number of rotatable bonds is 4. The number of nitrogens with one attached hydrogen (secondary N) is 2. The minimum Gasteiger partial charge on any atom is -0.364 e. The molecule has 0 aliphatic rings. The van der Waals surface area contributed by atoms with Crippen LogP contribution in [0.3, 0.4) is 0 Å². The van der Waals surface area contributed by atoms with Crippen LogP contribution in [0, 0.1) is 0 Å². The van der Waals surface area contributed by atoms with Gasteiger partial charge in [0.1, 0.15) is 0 Å². The second-order valence-electron chi connectivity index (χ2n) is 2.57. The molecule has 0 aliphatic carbocycles. The first kappa shape index (κ1) is 8.26. The van der Waals surface area contributed by atoms with Crippen LogP contribution in [0.1, 0.15) is 5.69 Å². The normalized spacial score (nSPS) is 10.8. The smallest absolute Gasteiger partial charge is 0.0613 e. The summed E-state index contributed by atoms with van der Waals surface area (Å²) in [4.78, 5) is 5.19. The average Bonchev–Trinajstić information content (AvgIpc) is 2.40. The van der Waals surface area contributed by atoms with E-state index in [0.29, 0.717) is 6.67 Å².